The average Bonchev–Trinajstić information content (AvgIpc) is 3.11. The van der Waals surface area contributed by atoms with Gasteiger partial charge in [0.1, 0.15) is 5.76 Å². The molecule has 1 saturated heterocycles. The molecule has 0 spiro atoms. The van der Waals surface area contributed by atoms with E-state index in [1.54, 1.807) is 12.1 Å². The molecule has 1 N–H and O–H groups in total. The van der Waals surface area contributed by atoms with Gasteiger partial charge >= 0.3 is 6.18 Å². The smallest absolute Gasteiger partial charge is 0.416 e. The van der Waals surface area contributed by atoms with Crippen LogP contribution in [0.1, 0.15) is 21.7 Å². The lowest BCUT2D eigenvalue weighted by Gasteiger charge is -2.26. The zero-order valence-corrected chi connectivity index (χ0v) is 13.6. The number of hydrogen-bond donors (Lipinski definition) is 1. The van der Waals surface area contributed by atoms with Crippen molar-refractivity contribution in [2.75, 3.05) is 31.2 Å². The van der Waals surface area contributed by atoms with Gasteiger partial charge in [-0.05, 0) is 24.3 Å². The second-order valence-electron chi connectivity index (χ2n) is 5.55. The predicted octanol–water partition coefficient (Wildman–Crippen LogP) is 2.90. The highest BCUT2D eigenvalue weighted by molar-refractivity contribution is 5.94. The summed E-state index contributed by atoms with van der Waals surface area (Å²) in [5.41, 5.74) is 1.16. The molecule has 3 rings (SSSR count). The molecule has 1 aromatic carbocycles. The van der Waals surface area contributed by atoms with Gasteiger partial charge in [0, 0.05) is 24.7 Å². The molecule has 0 radical (unpaired) electrons. The van der Waals surface area contributed by atoms with Gasteiger partial charge in [0.05, 0.1) is 25.0 Å². The van der Waals surface area contributed by atoms with Crippen LogP contribution in [0.5, 0.6) is 0 Å². The highest BCUT2D eigenvalue weighted by Crippen LogP contribution is 2.29. The van der Waals surface area contributed by atoms with Crippen LogP contribution in [0.3, 0.4) is 0 Å². The summed E-state index contributed by atoms with van der Waals surface area (Å²) in [5, 5.41) is 3.73. The quantitative estimate of drug-likeness (QED) is 0.667. The summed E-state index contributed by atoms with van der Waals surface area (Å²) in [6.07, 6.45) is -3.22. The molecule has 1 aliphatic heterocycles. The Morgan fingerprint density at radius 3 is 2.69 bits per heavy atom. The number of carbonyl (C=O) groups excluding carboxylic acids is 1. The lowest BCUT2D eigenvalue weighted by molar-refractivity contribution is -0.137. The van der Waals surface area contributed by atoms with Crippen molar-refractivity contribution >= 4 is 18.0 Å². The molecule has 26 heavy (non-hydrogen) atoms. The van der Waals surface area contributed by atoms with E-state index in [9.17, 15) is 18.0 Å². The zero-order valence-electron chi connectivity index (χ0n) is 13.6. The number of morpholine rings is 1. The molecule has 0 saturated carbocycles. The highest BCUT2D eigenvalue weighted by Gasteiger charge is 2.30. The molecule has 0 aliphatic carbocycles. The van der Waals surface area contributed by atoms with Gasteiger partial charge in [-0.2, -0.15) is 18.3 Å². The summed E-state index contributed by atoms with van der Waals surface area (Å²) in [7, 11) is 0. The summed E-state index contributed by atoms with van der Waals surface area (Å²) in [4.78, 5) is 13.9. The lowest BCUT2D eigenvalue weighted by Crippen LogP contribution is -2.35. The minimum atomic E-state index is -4.51. The van der Waals surface area contributed by atoms with E-state index in [0.29, 0.717) is 24.9 Å². The number of carbonyl (C=O) groups is 1. The molecule has 9 heteroatoms. The molecular formula is C17H16F3N3O3. The van der Waals surface area contributed by atoms with Gasteiger partial charge in [0.15, 0.2) is 5.88 Å². The van der Waals surface area contributed by atoms with Gasteiger partial charge in [0.2, 0.25) is 0 Å². The number of halogens is 3. The minimum absolute atomic E-state index is 0.134. The monoisotopic (exact) mass is 367 g/mol. The minimum Gasteiger partial charge on any atom is -0.440 e. The molecule has 2 aromatic rings. The van der Waals surface area contributed by atoms with Crippen molar-refractivity contribution in [1.82, 2.24) is 5.43 Å². The first-order chi connectivity index (χ1) is 12.4. The van der Waals surface area contributed by atoms with E-state index in [1.807, 2.05) is 4.90 Å². The number of nitrogens with one attached hydrogen (secondary N) is 1. The fraction of sp³-hybridized carbons (Fsp3) is 0.294. The van der Waals surface area contributed by atoms with Crippen LogP contribution < -0.4 is 10.3 Å². The van der Waals surface area contributed by atoms with Crippen molar-refractivity contribution in [3.05, 3.63) is 53.3 Å². The molecule has 0 atom stereocenters. The Bertz CT molecular complexity index is 796. The fourth-order valence-electron chi connectivity index (χ4n) is 2.42. The zero-order chi connectivity index (χ0) is 18.6. The average molecular weight is 367 g/mol. The second kappa shape index (κ2) is 7.61. The molecule has 1 fully saturated rings. The van der Waals surface area contributed by atoms with Crippen molar-refractivity contribution in [2.24, 2.45) is 5.10 Å². The van der Waals surface area contributed by atoms with E-state index in [4.69, 9.17) is 9.15 Å². The fourth-order valence-corrected chi connectivity index (χ4v) is 2.42. The van der Waals surface area contributed by atoms with Crippen molar-refractivity contribution in [3.63, 3.8) is 0 Å². The third-order valence-electron chi connectivity index (χ3n) is 3.75. The van der Waals surface area contributed by atoms with Crippen LogP contribution in [0.4, 0.5) is 19.1 Å². The van der Waals surface area contributed by atoms with E-state index in [-0.39, 0.29) is 5.56 Å². The number of ether oxygens (including phenoxy) is 1. The van der Waals surface area contributed by atoms with Gasteiger partial charge in [-0.25, -0.2) is 5.43 Å². The van der Waals surface area contributed by atoms with E-state index in [2.05, 4.69) is 10.5 Å². The van der Waals surface area contributed by atoms with Crippen LogP contribution in [-0.2, 0) is 10.9 Å². The van der Waals surface area contributed by atoms with Gasteiger partial charge in [-0.3, -0.25) is 4.79 Å². The van der Waals surface area contributed by atoms with Crippen LogP contribution in [0.25, 0.3) is 0 Å². The van der Waals surface area contributed by atoms with E-state index < -0.39 is 17.6 Å². The summed E-state index contributed by atoms with van der Waals surface area (Å²) < 4.78 is 48.9. The Hall–Kier alpha value is -2.81. The summed E-state index contributed by atoms with van der Waals surface area (Å²) in [5.74, 6) is 0.335. The first kappa shape index (κ1) is 18.0. The number of nitrogens with zero attached hydrogens (tertiary/aromatic N) is 2. The topological polar surface area (TPSA) is 67.1 Å². The number of benzene rings is 1. The number of alkyl halides is 3. The van der Waals surface area contributed by atoms with E-state index >= 15 is 0 Å². The number of hydrogen-bond acceptors (Lipinski definition) is 5. The van der Waals surface area contributed by atoms with Crippen molar-refractivity contribution < 1.29 is 27.1 Å². The molecule has 138 valence electrons. The third kappa shape index (κ3) is 4.42. The normalized spacial score (nSPS) is 15.4. The number of rotatable bonds is 4. The number of furan rings is 1. The molecule has 0 bridgehead atoms. The van der Waals surface area contributed by atoms with E-state index in [1.165, 1.54) is 18.3 Å². The maximum atomic E-state index is 12.7. The molecular weight excluding hydrogens is 351 g/mol. The molecule has 2 heterocycles. The van der Waals surface area contributed by atoms with E-state index in [0.717, 1.165) is 25.2 Å². The molecule has 1 aliphatic rings. The Morgan fingerprint density at radius 2 is 1.96 bits per heavy atom. The number of anilines is 1. The molecule has 1 aromatic heterocycles. The Kier molecular flexibility index (Phi) is 5.27. The third-order valence-corrected chi connectivity index (χ3v) is 3.75. The predicted molar refractivity (Wildman–Crippen MR) is 88.2 cm³/mol. The van der Waals surface area contributed by atoms with Gasteiger partial charge in [0.25, 0.3) is 5.91 Å². The van der Waals surface area contributed by atoms with Crippen LogP contribution in [0, 0.1) is 0 Å². The van der Waals surface area contributed by atoms with Crippen LogP contribution in [0.2, 0.25) is 0 Å². The summed E-state index contributed by atoms with van der Waals surface area (Å²) >= 11 is 0. The van der Waals surface area contributed by atoms with Crippen molar-refractivity contribution in [2.45, 2.75) is 6.18 Å². The SMILES string of the molecule is O=C(N/N=C\c1ccc(N2CCOCC2)o1)c1cccc(C(F)(F)F)c1. The lowest BCUT2D eigenvalue weighted by atomic mass is 10.1. The first-order valence-electron chi connectivity index (χ1n) is 7.87. The molecule has 1 amide bonds. The highest BCUT2D eigenvalue weighted by atomic mass is 19.4. The molecule has 0 unspecified atom stereocenters. The maximum absolute atomic E-state index is 12.7. The number of amides is 1. The first-order valence-corrected chi connectivity index (χ1v) is 7.87. The van der Waals surface area contributed by atoms with Gasteiger partial charge in [-0.1, -0.05) is 6.07 Å². The summed E-state index contributed by atoms with van der Waals surface area (Å²) in [6.45, 7) is 2.68. The number of hydrazone groups is 1. The van der Waals surface area contributed by atoms with Crippen LogP contribution in [0.15, 0.2) is 45.9 Å². The second-order valence-corrected chi connectivity index (χ2v) is 5.55. The molecule has 6 nitrogen and oxygen atoms in total. The largest absolute Gasteiger partial charge is 0.440 e. The standard InChI is InChI=1S/C17H16F3N3O3/c18-17(19,20)13-3-1-2-12(10-13)16(24)22-21-11-14-4-5-15(26-14)23-6-8-25-9-7-23/h1-5,10-11H,6-9H2,(H,22,24)/b21-11-. The Labute approximate surface area is 147 Å². The Morgan fingerprint density at radius 1 is 1.19 bits per heavy atom. The van der Waals surface area contributed by atoms with Crippen molar-refractivity contribution in [1.29, 1.82) is 0 Å². The maximum Gasteiger partial charge on any atom is 0.416 e. The van der Waals surface area contributed by atoms with Gasteiger partial charge < -0.3 is 14.1 Å². The summed E-state index contributed by atoms with van der Waals surface area (Å²) in [6, 6.07) is 7.59. The van der Waals surface area contributed by atoms with Crippen molar-refractivity contribution in [3.8, 4) is 0 Å². The Balaban J connectivity index is 1.60. The van der Waals surface area contributed by atoms with Crippen LogP contribution >= 0.6 is 0 Å². The van der Waals surface area contributed by atoms with Gasteiger partial charge in [-0.15, -0.1) is 0 Å². The van der Waals surface area contributed by atoms with Crippen LogP contribution in [-0.4, -0.2) is 38.4 Å².